The van der Waals surface area contributed by atoms with Crippen molar-refractivity contribution in [3.8, 4) is 6.07 Å². The number of hydrogen-bond donors (Lipinski definition) is 0. The Kier molecular flexibility index (Phi) is 3.55. The number of ether oxygens (including phenoxy) is 1. The lowest BCUT2D eigenvalue weighted by Gasteiger charge is -2.22. The van der Waals surface area contributed by atoms with E-state index in [1.807, 2.05) is 6.92 Å². The summed E-state index contributed by atoms with van der Waals surface area (Å²) in [6, 6.07) is 4.28. The van der Waals surface area contributed by atoms with E-state index in [4.69, 9.17) is 10.00 Å². The molecule has 0 saturated heterocycles. The molecule has 1 saturated carbocycles. The number of methoxy groups -OCH3 is 1. The average molecular weight is 232 g/mol. The Morgan fingerprint density at radius 2 is 2.29 bits per heavy atom. The Balaban J connectivity index is 2.22. The number of anilines is 1. The summed E-state index contributed by atoms with van der Waals surface area (Å²) in [7, 11) is 1.68. The highest BCUT2D eigenvalue weighted by Gasteiger charge is 2.30. The van der Waals surface area contributed by atoms with Gasteiger partial charge in [-0.25, -0.2) is 9.97 Å². The van der Waals surface area contributed by atoms with Crippen molar-refractivity contribution >= 4 is 5.95 Å². The summed E-state index contributed by atoms with van der Waals surface area (Å²) in [6.07, 6.45) is 2.34. The van der Waals surface area contributed by atoms with E-state index in [9.17, 15) is 0 Å². The molecular weight excluding hydrogens is 216 g/mol. The minimum absolute atomic E-state index is 0.426. The number of rotatable bonds is 5. The Morgan fingerprint density at radius 1 is 1.53 bits per heavy atom. The van der Waals surface area contributed by atoms with Crippen LogP contribution in [0.4, 0.5) is 5.95 Å². The highest BCUT2D eigenvalue weighted by molar-refractivity contribution is 5.38. The van der Waals surface area contributed by atoms with Crippen LogP contribution in [0.25, 0.3) is 0 Å². The summed E-state index contributed by atoms with van der Waals surface area (Å²) in [6.45, 7) is 3.30. The molecule has 0 aromatic carbocycles. The zero-order chi connectivity index (χ0) is 12.3. The van der Waals surface area contributed by atoms with Crippen molar-refractivity contribution in [3.63, 3.8) is 0 Å². The van der Waals surface area contributed by atoms with Gasteiger partial charge in [0, 0.05) is 25.4 Å². The molecule has 0 aliphatic heterocycles. The maximum atomic E-state index is 8.92. The molecule has 0 spiro atoms. The predicted molar refractivity (Wildman–Crippen MR) is 63.7 cm³/mol. The minimum atomic E-state index is 0.426. The molecule has 0 amide bonds. The smallest absolute Gasteiger partial charge is 0.227 e. The summed E-state index contributed by atoms with van der Waals surface area (Å²) in [4.78, 5) is 10.8. The minimum Gasteiger partial charge on any atom is -0.383 e. The van der Waals surface area contributed by atoms with Gasteiger partial charge in [0.2, 0.25) is 5.95 Å². The summed E-state index contributed by atoms with van der Waals surface area (Å²) >= 11 is 0. The van der Waals surface area contributed by atoms with Crippen LogP contribution >= 0.6 is 0 Å². The second kappa shape index (κ2) is 5.11. The number of nitrogens with zero attached hydrogens (tertiary/aromatic N) is 4. The first kappa shape index (κ1) is 11.8. The first-order valence-corrected chi connectivity index (χ1v) is 5.76. The van der Waals surface area contributed by atoms with E-state index in [-0.39, 0.29) is 0 Å². The molecule has 1 aliphatic rings. The van der Waals surface area contributed by atoms with Gasteiger partial charge < -0.3 is 9.64 Å². The van der Waals surface area contributed by atoms with Gasteiger partial charge in [0.05, 0.1) is 6.61 Å². The maximum Gasteiger partial charge on any atom is 0.227 e. The summed E-state index contributed by atoms with van der Waals surface area (Å²) in [5.41, 5.74) is 1.25. The fourth-order valence-corrected chi connectivity index (χ4v) is 1.76. The fourth-order valence-electron chi connectivity index (χ4n) is 1.76. The first-order chi connectivity index (χ1) is 8.24. The topological polar surface area (TPSA) is 62.0 Å². The Labute approximate surface area is 101 Å². The van der Waals surface area contributed by atoms with E-state index in [2.05, 4.69) is 20.9 Å². The number of aryl methyl sites for hydroxylation is 1. The van der Waals surface area contributed by atoms with Crippen molar-refractivity contribution < 1.29 is 4.74 Å². The van der Waals surface area contributed by atoms with E-state index in [1.165, 1.54) is 12.8 Å². The number of nitriles is 1. The summed E-state index contributed by atoms with van der Waals surface area (Å²) in [5.74, 6) is 0.654. The third-order valence-electron chi connectivity index (χ3n) is 2.74. The van der Waals surface area contributed by atoms with Gasteiger partial charge in [-0.1, -0.05) is 0 Å². The molecule has 1 aliphatic carbocycles. The molecule has 0 N–H and O–H groups in total. The molecule has 1 aromatic heterocycles. The average Bonchev–Trinajstić information content (AvgIpc) is 3.13. The van der Waals surface area contributed by atoms with Crippen LogP contribution in [0, 0.1) is 18.3 Å². The second-order valence-electron chi connectivity index (χ2n) is 4.22. The van der Waals surface area contributed by atoms with Crippen molar-refractivity contribution in [2.75, 3.05) is 25.2 Å². The van der Waals surface area contributed by atoms with Crippen molar-refractivity contribution in [2.45, 2.75) is 25.8 Å². The Bertz CT molecular complexity index is 437. The largest absolute Gasteiger partial charge is 0.383 e. The molecule has 1 aromatic rings. The van der Waals surface area contributed by atoms with Gasteiger partial charge in [0.15, 0.2) is 0 Å². The lowest BCUT2D eigenvalue weighted by molar-refractivity contribution is 0.204. The Hall–Kier alpha value is -1.67. The van der Waals surface area contributed by atoms with Crippen LogP contribution in [-0.2, 0) is 4.74 Å². The van der Waals surface area contributed by atoms with Crippen LogP contribution in [0.2, 0.25) is 0 Å². The lowest BCUT2D eigenvalue weighted by atomic mass is 10.3. The van der Waals surface area contributed by atoms with Crippen LogP contribution in [0.5, 0.6) is 0 Å². The summed E-state index contributed by atoms with van der Waals surface area (Å²) < 4.78 is 5.10. The van der Waals surface area contributed by atoms with E-state index >= 15 is 0 Å². The molecular formula is C12H16N4O. The first-order valence-electron chi connectivity index (χ1n) is 5.76. The second-order valence-corrected chi connectivity index (χ2v) is 4.22. The highest BCUT2D eigenvalue weighted by Crippen LogP contribution is 2.29. The van der Waals surface area contributed by atoms with Gasteiger partial charge >= 0.3 is 0 Å². The molecule has 1 heterocycles. The third kappa shape index (κ3) is 2.92. The Morgan fingerprint density at radius 3 is 2.88 bits per heavy atom. The zero-order valence-corrected chi connectivity index (χ0v) is 10.2. The molecule has 0 unspecified atom stereocenters. The highest BCUT2D eigenvalue weighted by atomic mass is 16.5. The lowest BCUT2D eigenvalue weighted by Crippen LogP contribution is -2.31. The number of aromatic nitrogens is 2. The normalized spacial score (nSPS) is 14.4. The van der Waals surface area contributed by atoms with Gasteiger partial charge in [-0.3, -0.25) is 0 Å². The van der Waals surface area contributed by atoms with Gasteiger partial charge in [0.25, 0.3) is 0 Å². The van der Waals surface area contributed by atoms with Crippen molar-refractivity contribution in [1.82, 2.24) is 9.97 Å². The molecule has 0 bridgehead atoms. The quantitative estimate of drug-likeness (QED) is 0.765. The van der Waals surface area contributed by atoms with Crippen molar-refractivity contribution in [1.29, 1.82) is 5.26 Å². The van der Waals surface area contributed by atoms with Crippen LogP contribution in [0.15, 0.2) is 6.07 Å². The van der Waals surface area contributed by atoms with Gasteiger partial charge in [-0.15, -0.1) is 0 Å². The van der Waals surface area contributed by atoms with E-state index in [0.29, 0.717) is 24.3 Å². The SMILES string of the molecule is COCCN(c1nc(C)cc(C#N)n1)C1CC1. The molecule has 17 heavy (non-hydrogen) atoms. The maximum absolute atomic E-state index is 8.92. The molecule has 0 atom stereocenters. The van der Waals surface area contributed by atoms with E-state index in [1.54, 1.807) is 13.2 Å². The fraction of sp³-hybridized carbons (Fsp3) is 0.583. The monoisotopic (exact) mass is 232 g/mol. The zero-order valence-electron chi connectivity index (χ0n) is 10.2. The third-order valence-corrected chi connectivity index (χ3v) is 2.74. The molecule has 5 heteroatoms. The molecule has 1 fully saturated rings. The molecule has 2 rings (SSSR count). The van der Waals surface area contributed by atoms with Gasteiger partial charge in [-0.05, 0) is 25.8 Å². The molecule has 0 radical (unpaired) electrons. The van der Waals surface area contributed by atoms with Crippen LogP contribution in [0.1, 0.15) is 24.2 Å². The van der Waals surface area contributed by atoms with Crippen LogP contribution < -0.4 is 4.90 Å². The van der Waals surface area contributed by atoms with E-state index < -0.39 is 0 Å². The van der Waals surface area contributed by atoms with Crippen LogP contribution in [-0.4, -0.2) is 36.3 Å². The predicted octanol–water partition coefficient (Wildman–Crippen LogP) is 1.27. The number of hydrogen-bond acceptors (Lipinski definition) is 5. The van der Waals surface area contributed by atoms with Crippen LogP contribution in [0.3, 0.4) is 0 Å². The molecule has 90 valence electrons. The van der Waals surface area contributed by atoms with Crippen molar-refractivity contribution in [2.24, 2.45) is 0 Å². The summed E-state index contributed by atoms with van der Waals surface area (Å²) in [5, 5.41) is 8.92. The standard InChI is InChI=1S/C12H16N4O/c1-9-7-10(8-13)15-12(14-9)16(5-6-17-2)11-3-4-11/h7,11H,3-6H2,1-2H3. The van der Waals surface area contributed by atoms with Gasteiger partial charge in [0.1, 0.15) is 11.8 Å². The van der Waals surface area contributed by atoms with Crippen molar-refractivity contribution in [3.05, 3.63) is 17.5 Å². The van der Waals surface area contributed by atoms with E-state index in [0.717, 1.165) is 12.2 Å². The van der Waals surface area contributed by atoms with Gasteiger partial charge in [-0.2, -0.15) is 5.26 Å². The molecule has 5 nitrogen and oxygen atoms in total.